The largest absolute Gasteiger partial charge is 0.465 e. The molecule has 1 fully saturated rings. The predicted octanol–water partition coefficient (Wildman–Crippen LogP) is 2.19. The zero-order valence-corrected chi connectivity index (χ0v) is 16.7. The molecule has 2 N–H and O–H groups in total. The van der Waals surface area contributed by atoms with Gasteiger partial charge in [0, 0.05) is 43.5 Å². The number of benzene rings is 1. The molecule has 0 unspecified atom stereocenters. The van der Waals surface area contributed by atoms with Crippen LogP contribution in [0.5, 0.6) is 0 Å². The molecular formula is C21H22N4O6. The van der Waals surface area contributed by atoms with E-state index in [1.54, 1.807) is 23.1 Å². The molecule has 0 radical (unpaired) electrons. The lowest BCUT2D eigenvalue weighted by molar-refractivity contribution is -0.384. The predicted molar refractivity (Wildman–Crippen MR) is 112 cm³/mol. The Hall–Kier alpha value is -3.95. The van der Waals surface area contributed by atoms with Crippen molar-refractivity contribution in [3.63, 3.8) is 0 Å². The highest BCUT2D eigenvalue weighted by molar-refractivity contribution is 6.39. The number of hydrogen-bond donors (Lipinski definition) is 2. The van der Waals surface area contributed by atoms with Gasteiger partial charge in [0.2, 0.25) is 5.91 Å². The maximum atomic E-state index is 12.2. The molecule has 1 aromatic carbocycles. The SMILES string of the molecule is O=C(NCC1CCN(C(=O)/C=C/c2ccco2)CC1)C(=O)Nc1ccc([N+](=O)[O-])cc1. The van der Waals surface area contributed by atoms with Crippen LogP contribution in [0, 0.1) is 16.0 Å². The summed E-state index contributed by atoms with van der Waals surface area (Å²) in [5.41, 5.74) is 0.184. The van der Waals surface area contributed by atoms with E-state index in [2.05, 4.69) is 10.6 Å². The number of nitrogens with zero attached hydrogens (tertiary/aromatic N) is 2. The summed E-state index contributed by atoms with van der Waals surface area (Å²) in [6, 6.07) is 8.71. The fourth-order valence-corrected chi connectivity index (χ4v) is 3.17. The van der Waals surface area contributed by atoms with E-state index in [9.17, 15) is 24.5 Å². The Morgan fingerprint density at radius 1 is 1.13 bits per heavy atom. The van der Waals surface area contributed by atoms with Crippen LogP contribution in [0.2, 0.25) is 0 Å². The second-order valence-corrected chi connectivity index (χ2v) is 7.09. The number of anilines is 1. The first-order chi connectivity index (χ1) is 14.9. The number of likely N-dealkylation sites (tertiary alicyclic amines) is 1. The first-order valence-corrected chi connectivity index (χ1v) is 9.76. The third kappa shape index (κ3) is 6.26. The van der Waals surface area contributed by atoms with Gasteiger partial charge in [0.1, 0.15) is 5.76 Å². The minimum atomic E-state index is -0.843. The van der Waals surface area contributed by atoms with Gasteiger partial charge < -0.3 is 20.0 Å². The average molecular weight is 426 g/mol. The highest BCUT2D eigenvalue weighted by Gasteiger charge is 2.23. The third-order valence-electron chi connectivity index (χ3n) is 4.95. The number of carbonyl (C=O) groups is 3. The molecule has 2 heterocycles. The molecule has 2 aromatic rings. The van der Waals surface area contributed by atoms with Gasteiger partial charge in [-0.1, -0.05) is 0 Å². The topological polar surface area (TPSA) is 135 Å². The number of piperidine rings is 1. The van der Waals surface area contributed by atoms with Gasteiger partial charge in [-0.15, -0.1) is 0 Å². The smallest absolute Gasteiger partial charge is 0.313 e. The Kier molecular flexibility index (Phi) is 7.15. The summed E-state index contributed by atoms with van der Waals surface area (Å²) in [6.45, 7) is 1.46. The summed E-state index contributed by atoms with van der Waals surface area (Å²) in [5.74, 6) is -0.948. The number of rotatable bonds is 6. The molecule has 10 heteroatoms. The van der Waals surface area contributed by atoms with Gasteiger partial charge in [-0.2, -0.15) is 0 Å². The van der Waals surface area contributed by atoms with Crippen LogP contribution >= 0.6 is 0 Å². The maximum Gasteiger partial charge on any atom is 0.313 e. The monoisotopic (exact) mass is 426 g/mol. The lowest BCUT2D eigenvalue weighted by Crippen LogP contribution is -2.43. The second kappa shape index (κ2) is 10.2. The average Bonchev–Trinajstić information content (AvgIpc) is 3.30. The number of amides is 3. The van der Waals surface area contributed by atoms with Crippen molar-refractivity contribution in [2.24, 2.45) is 5.92 Å². The zero-order chi connectivity index (χ0) is 22.2. The highest BCUT2D eigenvalue weighted by atomic mass is 16.6. The van der Waals surface area contributed by atoms with Crippen LogP contribution < -0.4 is 10.6 Å². The number of hydrogen-bond acceptors (Lipinski definition) is 6. The van der Waals surface area contributed by atoms with Gasteiger partial charge in [-0.3, -0.25) is 24.5 Å². The molecule has 3 rings (SSSR count). The Balaban J connectivity index is 1.38. The van der Waals surface area contributed by atoms with E-state index in [1.807, 2.05) is 0 Å². The molecule has 0 atom stereocenters. The minimum Gasteiger partial charge on any atom is -0.465 e. The van der Waals surface area contributed by atoms with Crippen molar-refractivity contribution in [3.05, 3.63) is 64.6 Å². The molecule has 0 bridgehead atoms. The van der Waals surface area contributed by atoms with Crippen LogP contribution in [-0.2, 0) is 14.4 Å². The van der Waals surface area contributed by atoms with Gasteiger partial charge in [-0.05, 0) is 49.1 Å². The van der Waals surface area contributed by atoms with Crippen molar-refractivity contribution in [2.75, 3.05) is 25.0 Å². The summed E-state index contributed by atoms with van der Waals surface area (Å²) in [6.07, 6.45) is 6.06. The molecule has 162 valence electrons. The standard InChI is InChI=1S/C21H22N4O6/c26-19(8-7-18-2-1-13-31-18)24-11-9-15(10-12-24)14-22-20(27)21(28)23-16-3-5-17(6-4-16)25(29)30/h1-8,13,15H,9-12,14H2,(H,22,27)(H,23,28)/b8-7+. The Labute approximate surface area is 178 Å². The Morgan fingerprint density at radius 2 is 1.84 bits per heavy atom. The number of nitrogens with one attached hydrogen (secondary N) is 2. The van der Waals surface area contributed by atoms with Crippen LogP contribution in [0.4, 0.5) is 11.4 Å². The fraction of sp³-hybridized carbons (Fsp3) is 0.286. The van der Waals surface area contributed by atoms with Crippen LogP contribution in [0.1, 0.15) is 18.6 Å². The molecule has 1 saturated heterocycles. The van der Waals surface area contributed by atoms with Crippen molar-refractivity contribution in [1.29, 1.82) is 0 Å². The summed E-state index contributed by atoms with van der Waals surface area (Å²) >= 11 is 0. The first-order valence-electron chi connectivity index (χ1n) is 9.76. The quantitative estimate of drug-likeness (QED) is 0.315. The molecule has 1 aromatic heterocycles. The van der Waals surface area contributed by atoms with E-state index >= 15 is 0 Å². The van der Waals surface area contributed by atoms with Crippen LogP contribution in [0.15, 0.2) is 53.2 Å². The number of non-ortho nitro benzene ring substituents is 1. The number of nitro benzene ring substituents is 1. The van der Waals surface area contributed by atoms with E-state index < -0.39 is 16.7 Å². The molecule has 10 nitrogen and oxygen atoms in total. The molecule has 1 aliphatic heterocycles. The van der Waals surface area contributed by atoms with E-state index in [1.165, 1.54) is 36.6 Å². The molecule has 31 heavy (non-hydrogen) atoms. The minimum absolute atomic E-state index is 0.0960. The third-order valence-corrected chi connectivity index (χ3v) is 4.95. The van der Waals surface area contributed by atoms with E-state index in [0.29, 0.717) is 43.9 Å². The molecular weight excluding hydrogens is 404 g/mol. The number of nitro groups is 1. The molecule has 1 aliphatic rings. The van der Waals surface area contributed by atoms with Crippen LogP contribution in [0.25, 0.3) is 6.08 Å². The summed E-state index contributed by atoms with van der Waals surface area (Å²) in [7, 11) is 0. The summed E-state index contributed by atoms with van der Waals surface area (Å²) < 4.78 is 5.16. The molecule has 3 amide bonds. The number of furan rings is 1. The van der Waals surface area contributed by atoms with Gasteiger partial charge in [-0.25, -0.2) is 0 Å². The van der Waals surface area contributed by atoms with Gasteiger partial charge >= 0.3 is 11.8 Å². The van der Waals surface area contributed by atoms with Crippen molar-refractivity contribution in [3.8, 4) is 0 Å². The fourth-order valence-electron chi connectivity index (χ4n) is 3.17. The van der Waals surface area contributed by atoms with Gasteiger partial charge in [0.25, 0.3) is 5.69 Å². The lowest BCUT2D eigenvalue weighted by Gasteiger charge is -2.31. The van der Waals surface area contributed by atoms with Crippen LogP contribution in [0.3, 0.4) is 0 Å². The van der Waals surface area contributed by atoms with E-state index in [-0.39, 0.29) is 17.5 Å². The van der Waals surface area contributed by atoms with Crippen molar-refractivity contribution in [1.82, 2.24) is 10.2 Å². The molecule has 0 spiro atoms. The normalized spacial score (nSPS) is 14.4. The summed E-state index contributed by atoms with van der Waals surface area (Å²) in [5, 5.41) is 15.6. The lowest BCUT2D eigenvalue weighted by atomic mass is 9.96. The van der Waals surface area contributed by atoms with Crippen molar-refractivity contribution in [2.45, 2.75) is 12.8 Å². The maximum absolute atomic E-state index is 12.2. The van der Waals surface area contributed by atoms with E-state index in [4.69, 9.17) is 4.42 Å². The van der Waals surface area contributed by atoms with Gasteiger partial charge in [0.15, 0.2) is 0 Å². The second-order valence-electron chi connectivity index (χ2n) is 7.09. The van der Waals surface area contributed by atoms with Crippen molar-refractivity contribution < 1.29 is 23.7 Å². The Morgan fingerprint density at radius 3 is 2.45 bits per heavy atom. The van der Waals surface area contributed by atoms with Gasteiger partial charge in [0.05, 0.1) is 11.2 Å². The van der Waals surface area contributed by atoms with E-state index in [0.717, 1.165) is 0 Å². The Bertz CT molecular complexity index is 960. The van der Waals surface area contributed by atoms with Crippen molar-refractivity contribution >= 4 is 35.2 Å². The number of carbonyl (C=O) groups excluding carboxylic acids is 3. The molecule has 0 aliphatic carbocycles. The highest BCUT2D eigenvalue weighted by Crippen LogP contribution is 2.18. The first kappa shape index (κ1) is 21.8. The van der Waals surface area contributed by atoms with Crippen LogP contribution in [-0.4, -0.2) is 47.2 Å². The molecule has 0 saturated carbocycles. The zero-order valence-electron chi connectivity index (χ0n) is 16.7. The summed E-state index contributed by atoms with van der Waals surface area (Å²) in [4.78, 5) is 48.1.